The molecule has 14 heavy (non-hydrogen) atoms. The van der Waals surface area contributed by atoms with E-state index >= 15 is 0 Å². The fourth-order valence-corrected chi connectivity index (χ4v) is 0.975. The monoisotopic (exact) mass is 193 g/mol. The second kappa shape index (κ2) is 3.83. The maximum Gasteiger partial charge on any atom is 0.222 e. The summed E-state index contributed by atoms with van der Waals surface area (Å²) in [6.07, 6.45) is 0. The van der Waals surface area contributed by atoms with E-state index in [1.54, 1.807) is 6.07 Å². The van der Waals surface area contributed by atoms with Gasteiger partial charge in [-0.2, -0.15) is 5.26 Å². The van der Waals surface area contributed by atoms with Crippen molar-refractivity contribution in [3.63, 3.8) is 0 Å². The van der Waals surface area contributed by atoms with Crippen LogP contribution in [0.3, 0.4) is 0 Å². The van der Waals surface area contributed by atoms with Crippen molar-refractivity contribution in [3.05, 3.63) is 23.1 Å². The molecule has 1 aromatic rings. The number of halogens is 1. The third-order valence-corrected chi connectivity index (χ3v) is 1.55. The first-order valence-corrected chi connectivity index (χ1v) is 3.89. The van der Waals surface area contributed by atoms with E-state index in [1.165, 1.54) is 19.9 Å². The molecule has 0 aliphatic rings. The van der Waals surface area contributed by atoms with E-state index in [2.05, 4.69) is 10.3 Å². The van der Waals surface area contributed by atoms with Crippen molar-refractivity contribution in [2.24, 2.45) is 0 Å². The molecule has 1 aromatic heterocycles. The predicted octanol–water partition coefficient (Wildman–Crippen LogP) is 1.36. The zero-order chi connectivity index (χ0) is 10.7. The zero-order valence-corrected chi connectivity index (χ0v) is 7.76. The Morgan fingerprint density at radius 3 is 2.86 bits per heavy atom. The number of nitriles is 1. The number of nitrogens with one attached hydrogen (secondary N) is 1. The summed E-state index contributed by atoms with van der Waals surface area (Å²) in [6, 6.07) is 2.98. The van der Waals surface area contributed by atoms with Crippen molar-refractivity contribution in [3.8, 4) is 6.07 Å². The minimum atomic E-state index is -0.651. The van der Waals surface area contributed by atoms with Gasteiger partial charge in [-0.1, -0.05) is 0 Å². The number of hydrogen-bond donors (Lipinski definition) is 1. The minimum Gasteiger partial charge on any atom is -0.311 e. The van der Waals surface area contributed by atoms with Crippen LogP contribution in [0.4, 0.5) is 10.2 Å². The summed E-state index contributed by atoms with van der Waals surface area (Å²) in [7, 11) is 0. The number of hydrogen-bond acceptors (Lipinski definition) is 3. The lowest BCUT2D eigenvalue weighted by molar-refractivity contribution is -0.114. The number of carbonyl (C=O) groups excluding carboxylic acids is 1. The highest BCUT2D eigenvalue weighted by molar-refractivity contribution is 5.87. The molecule has 1 amide bonds. The molecule has 0 aliphatic carbocycles. The number of pyridine rings is 1. The highest BCUT2D eigenvalue weighted by Crippen LogP contribution is 2.14. The number of carbonyl (C=O) groups is 1. The van der Waals surface area contributed by atoms with E-state index in [1.807, 2.05) is 0 Å². The fraction of sp³-hybridized carbons (Fsp3) is 0.222. The van der Waals surface area contributed by atoms with Gasteiger partial charge in [0, 0.05) is 6.92 Å². The second-order valence-electron chi connectivity index (χ2n) is 2.78. The van der Waals surface area contributed by atoms with Crippen LogP contribution < -0.4 is 5.32 Å². The molecule has 5 heteroatoms. The standard InChI is InChI=1S/C9H8FN3O/c1-5-3-8(12-6(2)14)13-7(4-11)9(5)10/h3H,1-2H3,(H,12,13,14). The van der Waals surface area contributed by atoms with Crippen molar-refractivity contribution in [2.75, 3.05) is 5.32 Å². The number of aromatic nitrogens is 1. The summed E-state index contributed by atoms with van der Waals surface area (Å²) in [5.41, 5.74) is -0.0333. The maximum atomic E-state index is 13.1. The molecule has 0 atom stereocenters. The van der Waals surface area contributed by atoms with Gasteiger partial charge in [0.05, 0.1) is 0 Å². The van der Waals surface area contributed by atoms with Crippen LogP contribution in [0.1, 0.15) is 18.2 Å². The van der Waals surface area contributed by atoms with Gasteiger partial charge in [0.2, 0.25) is 5.91 Å². The third kappa shape index (κ3) is 2.04. The van der Waals surface area contributed by atoms with Crippen LogP contribution in [0.5, 0.6) is 0 Å². The lowest BCUT2D eigenvalue weighted by Crippen LogP contribution is -2.09. The topological polar surface area (TPSA) is 65.8 Å². The predicted molar refractivity (Wildman–Crippen MR) is 48.0 cm³/mol. The first-order valence-electron chi connectivity index (χ1n) is 3.89. The van der Waals surface area contributed by atoms with Crippen molar-refractivity contribution in [2.45, 2.75) is 13.8 Å². The molecule has 0 radical (unpaired) electrons. The summed E-state index contributed by atoms with van der Waals surface area (Å²) >= 11 is 0. The average Bonchev–Trinajstić information content (AvgIpc) is 2.10. The van der Waals surface area contributed by atoms with E-state index in [4.69, 9.17) is 5.26 Å². The molecule has 0 spiro atoms. The van der Waals surface area contributed by atoms with E-state index in [0.29, 0.717) is 0 Å². The average molecular weight is 193 g/mol. The quantitative estimate of drug-likeness (QED) is 0.732. The summed E-state index contributed by atoms with van der Waals surface area (Å²) in [4.78, 5) is 14.3. The van der Waals surface area contributed by atoms with Crippen molar-refractivity contribution >= 4 is 11.7 Å². The molecule has 1 N–H and O–H groups in total. The zero-order valence-electron chi connectivity index (χ0n) is 7.76. The van der Waals surface area contributed by atoms with Gasteiger partial charge in [-0.25, -0.2) is 9.37 Å². The van der Waals surface area contributed by atoms with Crippen molar-refractivity contribution in [1.82, 2.24) is 4.98 Å². The van der Waals surface area contributed by atoms with Gasteiger partial charge in [-0.3, -0.25) is 4.79 Å². The van der Waals surface area contributed by atoms with Crippen LogP contribution in [0.2, 0.25) is 0 Å². The highest BCUT2D eigenvalue weighted by atomic mass is 19.1. The first-order chi connectivity index (χ1) is 6.54. The SMILES string of the molecule is CC(=O)Nc1cc(C)c(F)c(C#N)n1. The molecule has 72 valence electrons. The summed E-state index contributed by atoms with van der Waals surface area (Å²) in [5.74, 6) is -0.776. The number of amides is 1. The lowest BCUT2D eigenvalue weighted by atomic mass is 10.2. The molecular formula is C9H8FN3O. The van der Waals surface area contributed by atoms with Gasteiger partial charge >= 0.3 is 0 Å². The number of nitrogens with zero attached hydrogens (tertiary/aromatic N) is 2. The van der Waals surface area contributed by atoms with Crippen molar-refractivity contribution in [1.29, 1.82) is 5.26 Å². The Balaban J connectivity index is 3.18. The summed E-state index contributed by atoms with van der Waals surface area (Å²) in [5, 5.41) is 10.9. The number of rotatable bonds is 1. The van der Waals surface area contributed by atoms with Gasteiger partial charge in [0.1, 0.15) is 11.9 Å². The van der Waals surface area contributed by atoms with E-state index in [-0.39, 0.29) is 23.0 Å². The lowest BCUT2D eigenvalue weighted by Gasteiger charge is -2.03. The molecule has 0 aliphatic heterocycles. The second-order valence-corrected chi connectivity index (χ2v) is 2.78. The molecule has 0 saturated heterocycles. The Bertz CT molecular complexity index is 423. The smallest absolute Gasteiger partial charge is 0.222 e. The van der Waals surface area contributed by atoms with Crippen molar-refractivity contribution < 1.29 is 9.18 Å². The highest BCUT2D eigenvalue weighted by Gasteiger charge is 2.09. The Morgan fingerprint density at radius 1 is 1.71 bits per heavy atom. The minimum absolute atomic E-state index is 0.188. The number of aryl methyl sites for hydroxylation is 1. The molecule has 0 fully saturated rings. The van der Waals surface area contributed by atoms with E-state index in [9.17, 15) is 9.18 Å². The maximum absolute atomic E-state index is 13.1. The fourth-order valence-electron chi connectivity index (χ4n) is 0.975. The summed E-state index contributed by atoms with van der Waals surface area (Å²) < 4.78 is 13.1. The van der Waals surface area contributed by atoms with Gasteiger partial charge in [0.15, 0.2) is 11.5 Å². The molecule has 0 saturated carbocycles. The Kier molecular flexibility index (Phi) is 2.77. The molecule has 4 nitrogen and oxygen atoms in total. The van der Waals surface area contributed by atoms with Crippen LogP contribution in [-0.4, -0.2) is 10.9 Å². The molecular weight excluding hydrogens is 185 g/mol. The Labute approximate surface area is 80.4 Å². The Hall–Kier alpha value is -1.96. The van der Waals surface area contributed by atoms with E-state index < -0.39 is 5.82 Å². The van der Waals surface area contributed by atoms with Gasteiger partial charge in [-0.15, -0.1) is 0 Å². The Morgan fingerprint density at radius 2 is 2.36 bits per heavy atom. The third-order valence-electron chi connectivity index (χ3n) is 1.55. The van der Waals surface area contributed by atoms with Gasteiger partial charge in [-0.05, 0) is 18.6 Å². The largest absolute Gasteiger partial charge is 0.311 e. The van der Waals surface area contributed by atoms with Crippen LogP contribution in [0, 0.1) is 24.1 Å². The van der Waals surface area contributed by atoms with Crippen LogP contribution in [0.25, 0.3) is 0 Å². The normalized spacial score (nSPS) is 9.29. The van der Waals surface area contributed by atoms with Crippen LogP contribution in [-0.2, 0) is 4.79 Å². The molecule has 0 unspecified atom stereocenters. The first kappa shape index (κ1) is 10.1. The number of anilines is 1. The van der Waals surface area contributed by atoms with Gasteiger partial charge < -0.3 is 5.32 Å². The van der Waals surface area contributed by atoms with Crippen LogP contribution >= 0.6 is 0 Å². The van der Waals surface area contributed by atoms with Crippen LogP contribution in [0.15, 0.2) is 6.07 Å². The molecule has 1 heterocycles. The summed E-state index contributed by atoms with van der Waals surface area (Å²) in [6.45, 7) is 2.82. The van der Waals surface area contributed by atoms with E-state index in [0.717, 1.165) is 0 Å². The molecule has 0 bridgehead atoms. The van der Waals surface area contributed by atoms with Gasteiger partial charge in [0.25, 0.3) is 0 Å². The molecule has 1 rings (SSSR count). The molecule has 0 aromatic carbocycles.